The fraction of sp³-hybridized carbons (Fsp3) is 0.167. The summed E-state index contributed by atoms with van der Waals surface area (Å²) in [4.78, 5) is 27.9. The molecule has 0 aliphatic heterocycles. The Kier molecular flexibility index (Phi) is 2.52. The highest BCUT2D eigenvalue weighted by molar-refractivity contribution is 5.96. The molecule has 96 valence electrons. The number of esters is 1. The first-order valence-corrected chi connectivity index (χ1v) is 5.75. The molecule has 0 saturated carbocycles. The third-order valence-electron chi connectivity index (χ3n) is 2.71. The number of aromatic nitrogens is 4. The summed E-state index contributed by atoms with van der Waals surface area (Å²) in [6.07, 6.45) is 0. The minimum absolute atomic E-state index is 0.0268. The number of H-pyrrole nitrogens is 1. The van der Waals surface area contributed by atoms with Gasteiger partial charge < -0.3 is 4.74 Å². The Bertz CT molecular complexity index is 834. The molecule has 3 rings (SSSR count). The minimum Gasteiger partial charge on any atom is -0.461 e. The average Bonchev–Trinajstić information content (AvgIpc) is 2.81. The lowest BCUT2D eigenvalue weighted by molar-refractivity contribution is 0.0521. The zero-order valence-corrected chi connectivity index (χ0v) is 10.1. The van der Waals surface area contributed by atoms with Gasteiger partial charge in [-0.1, -0.05) is 12.1 Å². The predicted octanol–water partition coefficient (Wildman–Crippen LogP) is 0.747. The smallest absolute Gasteiger partial charge is 0.360 e. The van der Waals surface area contributed by atoms with Gasteiger partial charge >= 0.3 is 11.7 Å². The van der Waals surface area contributed by atoms with E-state index in [-0.39, 0.29) is 17.9 Å². The molecule has 0 spiro atoms. The van der Waals surface area contributed by atoms with Crippen LogP contribution in [0.4, 0.5) is 0 Å². The van der Waals surface area contributed by atoms with Crippen molar-refractivity contribution in [3.63, 3.8) is 0 Å². The van der Waals surface area contributed by atoms with Crippen LogP contribution in [-0.4, -0.2) is 32.2 Å². The molecule has 0 amide bonds. The Hall–Kier alpha value is -2.70. The maximum absolute atomic E-state index is 11.9. The van der Waals surface area contributed by atoms with Gasteiger partial charge in [-0.15, -0.1) is 5.10 Å². The number of aromatic amines is 1. The van der Waals surface area contributed by atoms with Crippen LogP contribution in [0.25, 0.3) is 16.7 Å². The molecule has 19 heavy (non-hydrogen) atoms. The van der Waals surface area contributed by atoms with Crippen molar-refractivity contribution in [2.75, 3.05) is 6.61 Å². The van der Waals surface area contributed by atoms with Gasteiger partial charge in [0.25, 0.3) is 0 Å². The molecule has 1 N–H and O–H groups in total. The summed E-state index contributed by atoms with van der Waals surface area (Å²) >= 11 is 0. The Morgan fingerprint density at radius 2 is 2.21 bits per heavy atom. The van der Waals surface area contributed by atoms with Gasteiger partial charge in [-0.2, -0.15) is 0 Å². The largest absolute Gasteiger partial charge is 0.461 e. The highest BCUT2D eigenvalue weighted by Crippen LogP contribution is 2.15. The topological polar surface area (TPSA) is 89.3 Å². The van der Waals surface area contributed by atoms with E-state index in [4.69, 9.17) is 4.74 Å². The van der Waals surface area contributed by atoms with Crippen molar-refractivity contribution < 1.29 is 9.53 Å². The predicted molar refractivity (Wildman–Crippen MR) is 67.1 cm³/mol. The third-order valence-corrected chi connectivity index (χ3v) is 2.71. The summed E-state index contributed by atoms with van der Waals surface area (Å²) in [7, 11) is 0. The summed E-state index contributed by atoms with van der Waals surface area (Å²) in [5, 5.41) is 6.15. The molecule has 0 radical (unpaired) electrons. The SMILES string of the molecule is CCOC(=O)c1nc2ccccc2n2c(=O)[nH]nc12. The van der Waals surface area contributed by atoms with Crippen LogP contribution in [0.15, 0.2) is 29.1 Å². The molecule has 0 aliphatic rings. The fourth-order valence-corrected chi connectivity index (χ4v) is 1.93. The third kappa shape index (κ3) is 1.67. The van der Waals surface area contributed by atoms with E-state index in [0.29, 0.717) is 11.0 Å². The number of carbonyl (C=O) groups excluding carboxylic acids is 1. The first-order chi connectivity index (χ1) is 9.22. The molecule has 7 nitrogen and oxygen atoms in total. The van der Waals surface area contributed by atoms with Gasteiger partial charge in [-0.05, 0) is 19.1 Å². The monoisotopic (exact) mass is 258 g/mol. The van der Waals surface area contributed by atoms with Crippen molar-refractivity contribution in [2.24, 2.45) is 0 Å². The Balaban J connectivity index is 2.44. The second kappa shape index (κ2) is 4.20. The number of para-hydroxylation sites is 2. The molecular formula is C12H10N4O3. The molecule has 0 bridgehead atoms. The number of rotatable bonds is 2. The molecule has 1 aromatic carbocycles. The maximum Gasteiger partial charge on any atom is 0.360 e. The number of nitrogens with zero attached hydrogens (tertiary/aromatic N) is 3. The average molecular weight is 258 g/mol. The molecular weight excluding hydrogens is 248 g/mol. The van der Waals surface area contributed by atoms with Crippen LogP contribution in [-0.2, 0) is 4.74 Å². The summed E-state index contributed by atoms with van der Waals surface area (Å²) in [5.74, 6) is -0.600. The van der Waals surface area contributed by atoms with Crippen LogP contribution in [0.2, 0.25) is 0 Å². The molecule has 0 saturated heterocycles. The van der Waals surface area contributed by atoms with Gasteiger partial charge in [0, 0.05) is 0 Å². The first-order valence-electron chi connectivity index (χ1n) is 5.75. The normalized spacial score (nSPS) is 11.0. The quantitative estimate of drug-likeness (QED) is 0.685. The van der Waals surface area contributed by atoms with E-state index >= 15 is 0 Å². The molecule has 7 heteroatoms. The molecule has 0 atom stereocenters. The lowest BCUT2D eigenvalue weighted by atomic mass is 10.3. The Morgan fingerprint density at radius 1 is 1.42 bits per heavy atom. The van der Waals surface area contributed by atoms with E-state index in [0.717, 1.165) is 0 Å². The molecule has 0 aliphatic carbocycles. The number of nitrogens with one attached hydrogen (secondary N) is 1. The lowest BCUT2D eigenvalue weighted by Gasteiger charge is -2.05. The van der Waals surface area contributed by atoms with E-state index in [2.05, 4.69) is 15.2 Å². The van der Waals surface area contributed by atoms with Crippen LogP contribution < -0.4 is 5.69 Å². The first kappa shape index (κ1) is 11.4. The van der Waals surface area contributed by atoms with Gasteiger partial charge in [0.2, 0.25) is 0 Å². The van der Waals surface area contributed by atoms with Crippen molar-refractivity contribution in [1.29, 1.82) is 0 Å². The highest BCUT2D eigenvalue weighted by Gasteiger charge is 2.19. The number of benzene rings is 1. The fourth-order valence-electron chi connectivity index (χ4n) is 1.93. The van der Waals surface area contributed by atoms with E-state index in [1.165, 1.54) is 4.40 Å². The minimum atomic E-state index is -0.600. The van der Waals surface area contributed by atoms with E-state index in [9.17, 15) is 9.59 Å². The summed E-state index contributed by atoms with van der Waals surface area (Å²) in [6, 6.07) is 7.02. The summed E-state index contributed by atoms with van der Waals surface area (Å²) in [6.45, 7) is 1.93. The van der Waals surface area contributed by atoms with Crippen LogP contribution >= 0.6 is 0 Å². The van der Waals surface area contributed by atoms with E-state index in [1.54, 1.807) is 31.2 Å². The summed E-state index contributed by atoms with van der Waals surface area (Å²) in [5.41, 5.74) is 0.894. The zero-order valence-electron chi connectivity index (χ0n) is 10.1. The van der Waals surface area contributed by atoms with Crippen LogP contribution in [0.1, 0.15) is 17.4 Å². The van der Waals surface area contributed by atoms with Crippen molar-refractivity contribution in [2.45, 2.75) is 6.92 Å². The van der Waals surface area contributed by atoms with Crippen molar-refractivity contribution in [3.8, 4) is 0 Å². The lowest BCUT2D eigenvalue weighted by Crippen LogP contribution is -2.15. The Morgan fingerprint density at radius 3 is 3.00 bits per heavy atom. The van der Waals surface area contributed by atoms with Crippen molar-refractivity contribution >= 4 is 22.6 Å². The molecule has 2 heterocycles. The molecule has 3 aromatic rings. The molecule has 0 fully saturated rings. The van der Waals surface area contributed by atoms with Gasteiger partial charge in [0.15, 0.2) is 11.3 Å². The van der Waals surface area contributed by atoms with E-state index < -0.39 is 11.7 Å². The van der Waals surface area contributed by atoms with Gasteiger partial charge in [-0.3, -0.25) is 0 Å². The number of ether oxygens (including phenoxy) is 1. The molecule has 2 aromatic heterocycles. The summed E-state index contributed by atoms with van der Waals surface area (Å²) < 4.78 is 6.24. The van der Waals surface area contributed by atoms with Crippen LogP contribution in [0.3, 0.4) is 0 Å². The number of hydrogen-bond donors (Lipinski definition) is 1. The van der Waals surface area contributed by atoms with Crippen LogP contribution in [0.5, 0.6) is 0 Å². The highest BCUT2D eigenvalue weighted by atomic mass is 16.5. The van der Waals surface area contributed by atoms with Gasteiger partial charge in [0.1, 0.15) is 0 Å². The van der Waals surface area contributed by atoms with E-state index in [1.807, 2.05) is 0 Å². The second-order valence-corrected chi connectivity index (χ2v) is 3.86. The van der Waals surface area contributed by atoms with Gasteiger partial charge in [0.05, 0.1) is 17.6 Å². The second-order valence-electron chi connectivity index (χ2n) is 3.86. The maximum atomic E-state index is 11.9. The van der Waals surface area contributed by atoms with Crippen molar-refractivity contribution in [3.05, 3.63) is 40.4 Å². The number of fused-ring (bicyclic) bond motifs is 3. The number of carbonyl (C=O) groups is 1. The van der Waals surface area contributed by atoms with Crippen molar-refractivity contribution in [1.82, 2.24) is 19.6 Å². The van der Waals surface area contributed by atoms with Gasteiger partial charge in [-0.25, -0.2) is 24.1 Å². The number of hydrogen-bond acceptors (Lipinski definition) is 5. The van der Waals surface area contributed by atoms with Crippen LogP contribution in [0, 0.1) is 0 Å². The molecule has 0 unspecified atom stereocenters. The standard InChI is InChI=1S/C12H10N4O3/c1-2-19-11(17)9-10-14-15-12(18)16(10)8-6-4-3-5-7(8)13-9/h3-6H,2H2,1H3,(H,15,18). The Labute approximate surface area is 106 Å². The zero-order chi connectivity index (χ0) is 13.4.